The molecule has 2 N–H and O–H groups in total. The van der Waals surface area contributed by atoms with Gasteiger partial charge in [0.25, 0.3) is 0 Å². The number of sulfonamides is 1. The normalized spacial score (nSPS) is 18.2. The van der Waals surface area contributed by atoms with Crippen LogP contribution in [0.1, 0.15) is 31.9 Å². The third-order valence-corrected chi connectivity index (χ3v) is 7.41. The molecule has 0 aliphatic carbocycles. The molecular formula is C21H27N3O3S2. The number of nitrogens with two attached hydrogens (primary N) is 1. The highest BCUT2D eigenvalue weighted by Crippen LogP contribution is 2.37. The minimum absolute atomic E-state index is 0.0316. The molecule has 0 aromatic heterocycles. The van der Waals surface area contributed by atoms with Gasteiger partial charge >= 0.3 is 0 Å². The summed E-state index contributed by atoms with van der Waals surface area (Å²) >= 11 is 1.80. The molecule has 0 bridgehead atoms. The summed E-state index contributed by atoms with van der Waals surface area (Å²) in [7, 11) is -1.90. The van der Waals surface area contributed by atoms with Crippen molar-refractivity contribution >= 4 is 33.4 Å². The van der Waals surface area contributed by atoms with E-state index >= 15 is 0 Å². The fourth-order valence-electron chi connectivity index (χ4n) is 3.39. The molecule has 1 aliphatic heterocycles. The molecule has 0 spiro atoms. The number of rotatable bonds is 5. The van der Waals surface area contributed by atoms with Gasteiger partial charge in [0.1, 0.15) is 0 Å². The van der Waals surface area contributed by atoms with E-state index in [0.717, 1.165) is 22.6 Å². The summed E-state index contributed by atoms with van der Waals surface area (Å²) in [6, 6.07) is 14.4. The maximum atomic E-state index is 13.2. The Labute approximate surface area is 177 Å². The van der Waals surface area contributed by atoms with Crippen molar-refractivity contribution in [2.24, 2.45) is 5.14 Å². The molecule has 1 heterocycles. The predicted molar refractivity (Wildman–Crippen MR) is 118 cm³/mol. The topological polar surface area (TPSA) is 83.7 Å². The summed E-state index contributed by atoms with van der Waals surface area (Å²) in [6.45, 7) is 5.05. The number of hydrogen-bond acceptors (Lipinski definition) is 5. The third-order valence-electron chi connectivity index (χ3n) is 5.26. The van der Waals surface area contributed by atoms with Gasteiger partial charge in [-0.3, -0.25) is 9.69 Å². The van der Waals surface area contributed by atoms with Crippen molar-refractivity contribution in [1.82, 2.24) is 4.90 Å². The number of thioether (sulfide) groups is 1. The van der Waals surface area contributed by atoms with Crippen LogP contribution in [0.3, 0.4) is 0 Å². The van der Waals surface area contributed by atoms with Crippen LogP contribution in [0.15, 0.2) is 58.3 Å². The van der Waals surface area contributed by atoms with Crippen LogP contribution < -0.4 is 10.0 Å². The van der Waals surface area contributed by atoms with Crippen LogP contribution in [0.2, 0.25) is 0 Å². The number of amides is 1. The number of carbonyl (C=O) groups excluding carboxylic acids is 1. The largest absolute Gasteiger partial charge is 0.310 e. The molecule has 8 heteroatoms. The molecule has 6 nitrogen and oxygen atoms in total. The highest BCUT2D eigenvalue weighted by Gasteiger charge is 2.26. The molecule has 0 saturated carbocycles. The molecule has 3 rings (SSSR count). The van der Waals surface area contributed by atoms with Gasteiger partial charge in [-0.1, -0.05) is 31.2 Å². The van der Waals surface area contributed by atoms with Crippen LogP contribution in [0, 0.1) is 0 Å². The lowest BCUT2D eigenvalue weighted by atomic mass is 10.1. The molecule has 156 valence electrons. The van der Waals surface area contributed by atoms with Gasteiger partial charge < -0.3 is 4.90 Å². The Kier molecular flexibility index (Phi) is 6.68. The second-order valence-corrected chi connectivity index (χ2v) is 10.5. The zero-order valence-electron chi connectivity index (χ0n) is 16.9. The Morgan fingerprint density at radius 2 is 2.00 bits per heavy atom. The minimum atomic E-state index is -3.76. The van der Waals surface area contributed by atoms with Crippen molar-refractivity contribution in [2.75, 3.05) is 25.0 Å². The molecule has 2 atom stereocenters. The van der Waals surface area contributed by atoms with E-state index in [1.807, 2.05) is 48.0 Å². The third kappa shape index (κ3) is 5.19. The summed E-state index contributed by atoms with van der Waals surface area (Å²) in [4.78, 5) is 18.2. The first kappa shape index (κ1) is 21.8. The highest BCUT2D eigenvalue weighted by atomic mass is 32.2. The molecule has 1 aliphatic rings. The number of likely N-dealkylation sites (N-methyl/N-ethyl adjacent to an activating group) is 1. The standard InChI is InChI=1S/C21H27N3O3S2/c1-15-11-12-24(19-9-4-5-10-20(19)28-15)21(25)14-23(3)16(2)17-7-6-8-18(13-17)29(22,26)27/h4-10,13,15-16H,11-12,14H2,1-3H3,(H2,22,26,27). The number of primary sulfonamides is 1. The molecule has 2 unspecified atom stereocenters. The first-order valence-electron chi connectivity index (χ1n) is 9.56. The number of para-hydroxylation sites is 1. The van der Waals surface area contributed by atoms with E-state index in [-0.39, 0.29) is 23.4 Å². The Morgan fingerprint density at radius 1 is 1.28 bits per heavy atom. The van der Waals surface area contributed by atoms with Crippen LogP contribution in [-0.4, -0.2) is 44.6 Å². The lowest BCUT2D eigenvalue weighted by molar-refractivity contribution is -0.119. The Morgan fingerprint density at radius 3 is 2.72 bits per heavy atom. The van der Waals surface area contributed by atoms with Gasteiger partial charge in [0.15, 0.2) is 0 Å². The van der Waals surface area contributed by atoms with Gasteiger partial charge in [0.2, 0.25) is 15.9 Å². The van der Waals surface area contributed by atoms with Crippen LogP contribution >= 0.6 is 11.8 Å². The molecule has 29 heavy (non-hydrogen) atoms. The van der Waals surface area contributed by atoms with Gasteiger partial charge in [0, 0.05) is 22.7 Å². The fraction of sp³-hybridized carbons (Fsp3) is 0.381. The summed E-state index contributed by atoms with van der Waals surface area (Å²) in [6.07, 6.45) is 0.931. The molecule has 0 saturated heterocycles. The Balaban J connectivity index is 1.77. The number of carbonyl (C=O) groups is 1. The lowest BCUT2D eigenvalue weighted by Crippen LogP contribution is -2.40. The Hall–Kier alpha value is -1.87. The fourth-order valence-corrected chi connectivity index (χ4v) is 5.07. The maximum absolute atomic E-state index is 13.2. The molecule has 0 fully saturated rings. The van der Waals surface area contributed by atoms with Crippen molar-refractivity contribution in [2.45, 2.75) is 41.4 Å². The van der Waals surface area contributed by atoms with Crippen LogP contribution in [0.25, 0.3) is 0 Å². The number of fused-ring (bicyclic) bond motifs is 1. The van der Waals surface area contributed by atoms with Crippen molar-refractivity contribution in [3.63, 3.8) is 0 Å². The van der Waals surface area contributed by atoms with Gasteiger partial charge in [0.05, 0.1) is 17.1 Å². The zero-order valence-corrected chi connectivity index (χ0v) is 18.5. The SMILES string of the molecule is CC1CCN(C(=O)CN(C)C(C)c2cccc(S(N)(=O)=O)c2)c2ccccc2S1. The zero-order chi connectivity index (χ0) is 21.2. The lowest BCUT2D eigenvalue weighted by Gasteiger charge is -2.29. The van der Waals surface area contributed by atoms with E-state index in [1.54, 1.807) is 23.9 Å². The second-order valence-electron chi connectivity index (χ2n) is 7.44. The van der Waals surface area contributed by atoms with E-state index < -0.39 is 10.0 Å². The molecule has 1 amide bonds. The number of benzene rings is 2. The van der Waals surface area contributed by atoms with E-state index in [2.05, 4.69) is 13.0 Å². The quantitative estimate of drug-likeness (QED) is 0.783. The average molecular weight is 434 g/mol. The summed E-state index contributed by atoms with van der Waals surface area (Å²) in [5, 5.41) is 5.70. The monoisotopic (exact) mass is 433 g/mol. The number of hydrogen-bond donors (Lipinski definition) is 1. The molecule has 0 radical (unpaired) electrons. The first-order chi connectivity index (χ1) is 13.7. The van der Waals surface area contributed by atoms with E-state index in [0.29, 0.717) is 11.8 Å². The van der Waals surface area contributed by atoms with Crippen molar-refractivity contribution in [3.8, 4) is 0 Å². The predicted octanol–water partition coefficient (Wildman–Crippen LogP) is 3.24. The minimum Gasteiger partial charge on any atom is -0.310 e. The van der Waals surface area contributed by atoms with Gasteiger partial charge in [-0.2, -0.15) is 0 Å². The highest BCUT2D eigenvalue weighted by molar-refractivity contribution is 8.00. The second kappa shape index (κ2) is 8.87. The molecule has 2 aromatic rings. The van der Waals surface area contributed by atoms with Crippen LogP contribution in [0.4, 0.5) is 5.69 Å². The van der Waals surface area contributed by atoms with Gasteiger partial charge in [-0.25, -0.2) is 13.6 Å². The molecule has 2 aromatic carbocycles. The van der Waals surface area contributed by atoms with Crippen LogP contribution in [-0.2, 0) is 14.8 Å². The first-order valence-corrected chi connectivity index (χ1v) is 12.0. The summed E-state index contributed by atoms with van der Waals surface area (Å²) < 4.78 is 23.3. The van der Waals surface area contributed by atoms with E-state index in [4.69, 9.17) is 5.14 Å². The number of anilines is 1. The van der Waals surface area contributed by atoms with E-state index in [1.165, 1.54) is 6.07 Å². The average Bonchev–Trinajstić information content (AvgIpc) is 2.85. The summed E-state index contributed by atoms with van der Waals surface area (Å²) in [5.74, 6) is 0.0316. The summed E-state index contributed by atoms with van der Waals surface area (Å²) in [5.41, 5.74) is 1.76. The van der Waals surface area contributed by atoms with Gasteiger partial charge in [-0.15, -0.1) is 11.8 Å². The maximum Gasteiger partial charge on any atom is 0.241 e. The Bertz CT molecular complexity index is 994. The number of nitrogens with zero attached hydrogens (tertiary/aromatic N) is 2. The van der Waals surface area contributed by atoms with Gasteiger partial charge in [-0.05, 0) is 50.2 Å². The molecular weight excluding hydrogens is 406 g/mol. The van der Waals surface area contributed by atoms with Crippen molar-refractivity contribution < 1.29 is 13.2 Å². The van der Waals surface area contributed by atoms with Crippen molar-refractivity contribution in [1.29, 1.82) is 0 Å². The smallest absolute Gasteiger partial charge is 0.241 e. The van der Waals surface area contributed by atoms with Crippen molar-refractivity contribution in [3.05, 3.63) is 54.1 Å². The van der Waals surface area contributed by atoms with E-state index in [9.17, 15) is 13.2 Å². The van der Waals surface area contributed by atoms with Crippen LogP contribution in [0.5, 0.6) is 0 Å².